The molecule has 1 saturated heterocycles. The number of H-pyrrole nitrogens is 1. The molecule has 142 valence electrons. The highest BCUT2D eigenvalue weighted by Gasteiger charge is 2.45. The van der Waals surface area contributed by atoms with Gasteiger partial charge < -0.3 is 9.64 Å². The van der Waals surface area contributed by atoms with Crippen molar-refractivity contribution in [3.63, 3.8) is 0 Å². The highest BCUT2D eigenvalue weighted by Crippen LogP contribution is 2.47. The van der Waals surface area contributed by atoms with Gasteiger partial charge in [-0.05, 0) is 56.3 Å². The number of likely N-dealkylation sites (tertiary alicyclic amines) is 1. The van der Waals surface area contributed by atoms with Crippen molar-refractivity contribution >= 4 is 5.91 Å². The van der Waals surface area contributed by atoms with E-state index in [2.05, 4.69) is 22.1 Å². The van der Waals surface area contributed by atoms with Gasteiger partial charge in [-0.3, -0.25) is 9.89 Å². The predicted octanol–water partition coefficient (Wildman–Crippen LogP) is 3.04. The summed E-state index contributed by atoms with van der Waals surface area (Å²) in [4.78, 5) is 19.5. The second kappa shape index (κ2) is 7.51. The van der Waals surface area contributed by atoms with E-state index in [4.69, 9.17) is 4.74 Å². The Morgan fingerprint density at radius 2 is 2.04 bits per heavy atom. The summed E-state index contributed by atoms with van der Waals surface area (Å²) in [5.74, 6) is 4.07. The maximum atomic E-state index is 12.8. The second-order valence-electron chi connectivity index (χ2n) is 8.41. The third-order valence-electron chi connectivity index (χ3n) is 6.31. The zero-order valence-corrected chi connectivity index (χ0v) is 15.9. The first-order chi connectivity index (χ1) is 12.6. The average molecular weight is 358 g/mol. The molecule has 6 nitrogen and oxygen atoms in total. The quantitative estimate of drug-likeness (QED) is 0.821. The molecule has 2 aliphatic carbocycles. The molecule has 6 heteroatoms. The van der Waals surface area contributed by atoms with Gasteiger partial charge in [0.25, 0.3) is 0 Å². The predicted molar refractivity (Wildman–Crippen MR) is 98.3 cm³/mol. The topological polar surface area (TPSA) is 71.1 Å². The zero-order chi connectivity index (χ0) is 18.1. The highest BCUT2D eigenvalue weighted by molar-refractivity contribution is 5.88. The Hall–Kier alpha value is -1.69. The Kier molecular flexibility index (Phi) is 5.11. The lowest BCUT2D eigenvalue weighted by Crippen LogP contribution is -2.28. The van der Waals surface area contributed by atoms with Crippen LogP contribution < -0.4 is 0 Å². The van der Waals surface area contributed by atoms with Gasteiger partial charge in [0.1, 0.15) is 6.61 Å². The van der Waals surface area contributed by atoms with Crippen LogP contribution in [0.5, 0.6) is 0 Å². The van der Waals surface area contributed by atoms with Crippen LogP contribution in [0.4, 0.5) is 0 Å². The molecule has 1 amide bonds. The summed E-state index contributed by atoms with van der Waals surface area (Å²) >= 11 is 0. The van der Waals surface area contributed by atoms with Crippen LogP contribution in [0, 0.1) is 17.8 Å². The molecule has 3 aliphatic rings. The molecule has 0 spiro atoms. The summed E-state index contributed by atoms with van der Waals surface area (Å²) in [5.41, 5.74) is 1.33. The van der Waals surface area contributed by atoms with Crippen LogP contribution in [0.2, 0.25) is 0 Å². The fourth-order valence-corrected chi connectivity index (χ4v) is 4.50. The summed E-state index contributed by atoms with van der Waals surface area (Å²) in [6.45, 7) is 4.34. The molecule has 0 aromatic carbocycles. The minimum Gasteiger partial charge on any atom is -0.377 e. The summed E-state index contributed by atoms with van der Waals surface area (Å²) in [7, 11) is 1.66. The summed E-state index contributed by atoms with van der Waals surface area (Å²) in [6.07, 6.45) is 9.06. The van der Waals surface area contributed by atoms with Gasteiger partial charge in [-0.2, -0.15) is 5.10 Å². The number of amides is 1. The van der Waals surface area contributed by atoms with Crippen LogP contribution in [-0.4, -0.2) is 46.2 Å². The lowest BCUT2D eigenvalue weighted by atomic mass is 9.87. The van der Waals surface area contributed by atoms with Crippen molar-refractivity contribution in [2.24, 2.45) is 17.8 Å². The number of carbonyl (C=O) groups excluding carboxylic acids is 1. The fraction of sp³-hybridized carbons (Fsp3) is 0.750. The van der Waals surface area contributed by atoms with Gasteiger partial charge >= 0.3 is 0 Å². The zero-order valence-electron chi connectivity index (χ0n) is 15.9. The number of nitrogens with zero attached hydrogens (tertiary/aromatic N) is 3. The molecule has 0 bridgehead atoms. The number of rotatable bonds is 5. The smallest absolute Gasteiger partial charge is 0.246 e. The van der Waals surface area contributed by atoms with E-state index in [-0.39, 0.29) is 11.8 Å². The third-order valence-corrected chi connectivity index (χ3v) is 6.31. The molecule has 4 rings (SSSR count). The summed E-state index contributed by atoms with van der Waals surface area (Å²) in [5, 5.41) is 7.40. The van der Waals surface area contributed by atoms with Crippen molar-refractivity contribution in [1.29, 1.82) is 0 Å². The van der Waals surface area contributed by atoms with Crippen LogP contribution in [0.15, 0.2) is 11.6 Å². The standard InChI is InChI=1S/C20H30N4O2/c1-13-3-5-14(6-4-13)9-19(25)24-10-16(15-7-8-15)17(11-24)20-21-18(12-26-2)22-23-20/h9,13,15-17H,3-8,10-12H2,1-2H3,(H,21,22,23)/t13?,16-,17+/m1/s1. The number of allylic oxidation sites excluding steroid dienone is 1. The van der Waals surface area contributed by atoms with Crippen LogP contribution in [0.1, 0.15) is 63.0 Å². The van der Waals surface area contributed by atoms with Gasteiger partial charge in [-0.25, -0.2) is 4.98 Å². The molecule has 2 heterocycles. The monoisotopic (exact) mass is 358 g/mol. The number of aromatic amines is 1. The van der Waals surface area contributed by atoms with E-state index >= 15 is 0 Å². The number of nitrogens with one attached hydrogen (secondary N) is 1. The Bertz CT molecular complexity index is 669. The van der Waals surface area contributed by atoms with Crippen molar-refractivity contribution in [3.05, 3.63) is 23.3 Å². The number of hydrogen-bond acceptors (Lipinski definition) is 4. The Morgan fingerprint density at radius 1 is 1.27 bits per heavy atom. The normalized spacial score (nSPS) is 29.2. The Balaban J connectivity index is 1.45. The summed E-state index contributed by atoms with van der Waals surface area (Å²) in [6, 6.07) is 0. The molecule has 2 atom stereocenters. The lowest BCUT2D eigenvalue weighted by molar-refractivity contribution is -0.125. The first kappa shape index (κ1) is 17.7. The Morgan fingerprint density at radius 3 is 2.73 bits per heavy atom. The minimum absolute atomic E-state index is 0.190. The Labute approximate surface area is 155 Å². The average Bonchev–Trinajstić information content (AvgIpc) is 3.20. The van der Waals surface area contributed by atoms with E-state index in [9.17, 15) is 4.79 Å². The first-order valence-electron chi connectivity index (χ1n) is 10.0. The molecule has 1 aliphatic heterocycles. The van der Waals surface area contributed by atoms with Gasteiger partial charge in [-0.15, -0.1) is 0 Å². The molecular formula is C20H30N4O2. The number of ether oxygens (including phenoxy) is 1. The van der Waals surface area contributed by atoms with E-state index in [1.807, 2.05) is 11.0 Å². The largest absolute Gasteiger partial charge is 0.377 e. The van der Waals surface area contributed by atoms with Crippen LogP contribution in [0.25, 0.3) is 0 Å². The van der Waals surface area contributed by atoms with E-state index in [0.717, 1.165) is 49.4 Å². The molecule has 1 N–H and O–H groups in total. The number of carbonyl (C=O) groups is 1. The van der Waals surface area contributed by atoms with Gasteiger partial charge in [0.2, 0.25) is 5.91 Å². The van der Waals surface area contributed by atoms with Crippen molar-refractivity contribution in [1.82, 2.24) is 20.1 Å². The first-order valence-corrected chi connectivity index (χ1v) is 10.0. The van der Waals surface area contributed by atoms with E-state index in [0.29, 0.717) is 12.5 Å². The number of aromatic nitrogens is 3. The van der Waals surface area contributed by atoms with E-state index < -0.39 is 0 Å². The minimum atomic E-state index is 0.190. The van der Waals surface area contributed by atoms with Gasteiger partial charge in [0, 0.05) is 32.2 Å². The second-order valence-corrected chi connectivity index (χ2v) is 8.41. The lowest BCUT2D eigenvalue weighted by Gasteiger charge is -2.21. The molecule has 2 saturated carbocycles. The highest BCUT2D eigenvalue weighted by atomic mass is 16.5. The van der Waals surface area contributed by atoms with Crippen molar-refractivity contribution in [2.45, 2.75) is 58.0 Å². The maximum Gasteiger partial charge on any atom is 0.246 e. The number of hydrogen-bond donors (Lipinski definition) is 1. The van der Waals surface area contributed by atoms with Gasteiger partial charge in [0.15, 0.2) is 11.6 Å². The van der Waals surface area contributed by atoms with E-state index in [1.165, 1.54) is 31.3 Å². The van der Waals surface area contributed by atoms with Crippen molar-refractivity contribution in [3.8, 4) is 0 Å². The van der Waals surface area contributed by atoms with Crippen LogP contribution in [-0.2, 0) is 16.1 Å². The number of methoxy groups -OCH3 is 1. The van der Waals surface area contributed by atoms with Gasteiger partial charge in [-0.1, -0.05) is 12.5 Å². The molecule has 0 unspecified atom stereocenters. The maximum absolute atomic E-state index is 12.8. The molecule has 0 radical (unpaired) electrons. The SMILES string of the molecule is COCc1nc([C@H]2CN(C(=O)C=C3CCC(C)CC3)C[C@@H]2C2CC2)n[nH]1. The van der Waals surface area contributed by atoms with Crippen LogP contribution in [0.3, 0.4) is 0 Å². The molecule has 26 heavy (non-hydrogen) atoms. The third kappa shape index (κ3) is 3.85. The fourth-order valence-electron chi connectivity index (χ4n) is 4.50. The summed E-state index contributed by atoms with van der Waals surface area (Å²) < 4.78 is 5.14. The molecular weight excluding hydrogens is 328 g/mol. The van der Waals surface area contributed by atoms with Gasteiger partial charge in [0.05, 0.1) is 0 Å². The van der Waals surface area contributed by atoms with E-state index in [1.54, 1.807) is 7.11 Å². The van der Waals surface area contributed by atoms with Crippen LogP contribution >= 0.6 is 0 Å². The molecule has 1 aromatic rings. The molecule has 1 aromatic heterocycles. The van der Waals surface area contributed by atoms with Crippen molar-refractivity contribution in [2.75, 3.05) is 20.2 Å². The van der Waals surface area contributed by atoms with Crippen molar-refractivity contribution < 1.29 is 9.53 Å². The molecule has 3 fully saturated rings.